The molecule has 0 radical (unpaired) electrons. The summed E-state index contributed by atoms with van der Waals surface area (Å²) in [6.07, 6.45) is 3.20. The van der Waals surface area contributed by atoms with Crippen molar-refractivity contribution in [3.8, 4) is 0 Å². The van der Waals surface area contributed by atoms with Gasteiger partial charge in [-0.15, -0.1) is 0 Å². The van der Waals surface area contributed by atoms with Crippen molar-refractivity contribution >= 4 is 5.82 Å². The van der Waals surface area contributed by atoms with Crippen LogP contribution in [0.1, 0.15) is 11.3 Å². The molecule has 4 nitrogen and oxygen atoms in total. The van der Waals surface area contributed by atoms with Gasteiger partial charge in [0.1, 0.15) is 12.1 Å². The molecule has 12 heavy (non-hydrogen) atoms. The van der Waals surface area contributed by atoms with E-state index >= 15 is 0 Å². The van der Waals surface area contributed by atoms with Crippen LogP contribution >= 0.6 is 0 Å². The van der Waals surface area contributed by atoms with Crippen LogP contribution in [0.5, 0.6) is 0 Å². The van der Waals surface area contributed by atoms with Crippen LogP contribution in [0.25, 0.3) is 0 Å². The minimum absolute atomic E-state index is 0.602. The van der Waals surface area contributed by atoms with E-state index in [9.17, 15) is 0 Å². The van der Waals surface area contributed by atoms with Gasteiger partial charge in [-0.2, -0.15) is 0 Å². The number of nitrogens with zero attached hydrogens (tertiary/aromatic N) is 2. The van der Waals surface area contributed by atoms with Crippen LogP contribution in [-0.2, 0) is 17.6 Å². The van der Waals surface area contributed by atoms with Crippen LogP contribution < -0.4 is 5.73 Å². The summed E-state index contributed by atoms with van der Waals surface area (Å²) in [5, 5.41) is 0. The van der Waals surface area contributed by atoms with Crippen molar-refractivity contribution < 1.29 is 4.74 Å². The zero-order valence-corrected chi connectivity index (χ0v) is 6.79. The van der Waals surface area contributed by atoms with E-state index in [1.165, 1.54) is 6.33 Å². The summed E-state index contributed by atoms with van der Waals surface area (Å²) >= 11 is 0. The second kappa shape index (κ2) is 3.06. The lowest BCUT2D eigenvalue weighted by Gasteiger charge is -2.04. The third kappa shape index (κ3) is 1.25. The molecular formula is C8H11N3O. The van der Waals surface area contributed by atoms with Crippen LogP contribution in [0.4, 0.5) is 5.82 Å². The first-order valence-electron chi connectivity index (χ1n) is 4.04. The van der Waals surface area contributed by atoms with E-state index in [4.69, 9.17) is 10.5 Å². The fourth-order valence-electron chi connectivity index (χ4n) is 1.40. The molecule has 0 unspecified atom stereocenters. The van der Waals surface area contributed by atoms with Gasteiger partial charge in [0.05, 0.1) is 18.9 Å². The second-order valence-electron chi connectivity index (χ2n) is 2.80. The largest absolute Gasteiger partial charge is 0.383 e. The highest BCUT2D eigenvalue weighted by molar-refractivity contribution is 5.41. The van der Waals surface area contributed by atoms with Gasteiger partial charge >= 0.3 is 0 Å². The zero-order chi connectivity index (χ0) is 8.39. The molecule has 2 N–H and O–H groups in total. The topological polar surface area (TPSA) is 61.0 Å². The average Bonchev–Trinajstić information content (AvgIpc) is 2.30. The molecule has 64 valence electrons. The summed E-state index contributed by atoms with van der Waals surface area (Å²) in [4.78, 5) is 8.11. The summed E-state index contributed by atoms with van der Waals surface area (Å²) in [5.41, 5.74) is 7.81. The first-order chi connectivity index (χ1) is 5.88. The molecule has 2 heterocycles. The van der Waals surface area contributed by atoms with Gasteiger partial charge in [-0.05, 0) is 0 Å². The minimum Gasteiger partial charge on any atom is -0.383 e. The lowest BCUT2D eigenvalue weighted by Crippen LogP contribution is -2.04. The number of hydrogen-bond acceptors (Lipinski definition) is 4. The van der Waals surface area contributed by atoms with Gasteiger partial charge in [0, 0.05) is 18.4 Å². The van der Waals surface area contributed by atoms with Gasteiger partial charge < -0.3 is 10.5 Å². The highest BCUT2D eigenvalue weighted by Crippen LogP contribution is 2.15. The molecule has 2 rings (SSSR count). The van der Waals surface area contributed by atoms with Crippen LogP contribution in [-0.4, -0.2) is 23.2 Å². The van der Waals surface area contributed by atoms with Crippen LogP contribution in [0, 0.1) is 0 Å². The molecule has 1 aromatic rings. The van der Waals surface area contributed by atoms with Crippen molar-refractivity contribution in [2.45, 2.75) is 12.8 Å². The van der Waals surface area contributed by atoms with Crippen molar-refractivity contribution in [3.05, 3.63) is 17.6 Å². The Morgan fingerprint density at radius 3 is 3.00 bits per heavy atom. The van der Waals surface area contributed by atoms with Gasteiger partial charge in [-0.1, -0.05) is 0 Å². The number of ether oxygens (including phenoxy) is 1. The van der Waals surface area contributed by atoms with Crippen molar-refractivity contribution in [1.82, 2.24) is 9.97 Å². The quantitative estimate of drug-likeness (QED) is 0.595. The van der Waals surface area contributed by atoms with Crippen LogP contribution in [0.2, 0.25) is 0 Å². The fourth-order valence-corrected chi connectivity index (χ4v) is 1.40. The lowest BCUT2D eigenvalue weighted by molar-refractivity contribution is 0.146. The number of anilines is 1. The smallest absolute Gasteiger partial charge is 0.130 e. The molecule has 0 bridgehead atoms. The van der Waals surface area contributed by atoms with Gasteiger partial charge in [-0.3, -0.25) is 0 Å². The molecule has 0 amide bonds. The second-order valence-corrected chi connectivity index (χ2v) is 2.80. The summed E-state index contributed by atoms with van der Waals surface area (Å²) in [6, 6.07) is 0. The average molecular weight is 165 g/mol. The Balaban J connectivity index is 2.42. The van der Waals surface area contributed by atoms with Gasteiger partial charge in [0.25, 0.3) is 0 Å². The van der Waals surface area contributed by atoms with E-state index < -0.39 is 0 Å². The Bertz CT molecular complexity index is 288. The Morgan fingerprint density at radius 1 is 1.25 bits per heavy atom. The van der Waals surface area contributed by atoms with Gasteiger partial charge in [0.2, 0.25) is 0 Å². The Morgan fingerprint density at radius 2 is 2.08 bits per heavy atom. The molecule has 0 aromatic carbocycles. The van der Waals surface area contributed by atoms with E-state index in [1.54, 1.807) is 0 Å². The molecule has 0 spiro atoms. The Kier molecular flexibility index (Phi) is 1.91. The van der Waals surface area contributed by atoms with E-state index in [-0.39, 0.29) is 0 Å². The minimum atomic E-state index is 0.602. The first-order valence-corrected chi connectivity index (χ1v) is 4.04. The maximum absolute atomic E-state index is 5.70. The molecule has 0 saturated heterocycles. The van der Waals surface area contributed by atoms with E-state index in [1.807, 2.05) is 0 Å². The Hall–Kier alpha value is -1.16. The standard InChI is InChI=1S/C8H11N3O/c9-8-6-1-3-12-4-2-7(6)10-5-11-8/h5H,1-4H2,(H2,9,10,11). The molecule has 1 aromatic heterocycles. The van der Waals surface area contributed by atoms with Gasteiger partial charge in [-0.25, -0.2) is 9.97 Å². The maximum atomic E-state index is 5.70. The highest BCUT2D eigenvalue weighted by atomic mass is 16.5. The van der Waals surface area contributed by atoms with E-state index in [0.29, 0.717) is 5.82 Å². The zero-order valence-electron chi connectivity index (χ0n) is 6.79. The van der Waals surface area contributed by atoms with E-state index in [2.05, 4.69) is 9.97 Å². The fraction of sp³-hybridized carbons (Fsp3) is 0.500. The van der Waals surface area contributed by atoms with Gasteiger partial charge in [0.15, 0.2) is 0 Å². The lowest BCUT2D eigenvalue weighted by atomic mass is 10.1. The molecule has 0 atom stereocenters. The van der Waals surface area contributed by atoms with Crippen molar-refractivity contribution in [1.29, 1.82) is 0 Å². The van der Waals surface area contributed by atoms with Crippen molar-refractivity contribution in [2.75, 3.05) is 18.9 Å². The maximum Gasteiger partial charge on any atom is 0.130 e. The summed E-state index contributed by atoms with van der Waals surface area (Å²) < 4.78 is 5.31. The Labute approximate surface area is 70.8 Å². The molecule has 1 aliphatic rings. The number of rotatable bonds is 0. The first kappa shape index (κ1) is 7.49. The highest BCUT2D eigenvalue weighted by Gasteiger charge is 2.11. The van der Waals surface area contributed by atoms with Crippen molar-refractivity contribution in [2.24, 2.45) is 0 Å². The molecule has 0 fully saturated rings. The number of nitrogen functional groups attached to an aromatic ring is 1. The van der Waals surface area contributed by atoms with Crippen molar-refractivity contribution in [3.63, 3.8) is 0 Å². The predicted octanol–water partition coefficient (Wildman–Crippen LogP) is 0.174. The number of nitrogens with two attached hydrogens (primary N) is 1. The third-order valence-corrected chi connectivity index (χ3v) is 2.05. The molecule has 4 heteroatoms. The van der Waals surface area contributed by atoms with Crippen LogP contribution in [0.15, 0.2) is 6.33 Å². The van der Waals surface area contributed by atoms with E-state index in [0.717, 1.165) is 37.3 Å². The molecular weight excluding hydrogens is 154 g/mol. The number of fused-ring (bicyclic) bond motifs is 1. The monoisotopic (exact) mass is 165 g/mol. The molecule has 1 aliphatic heterocycles. The normalized spacial score (nSPS) is 16.7. The molecule has 0 saturated carbocycles. The summed E-state index contributed by atoms with van der Waals surface area (Å²) in [7, 11) is 0. The molecule has 0 aliphatic carbocycles. The predicted molar refractivity (Wildman–Crippen MR) is 44.7 cm³/mol. The summed E-state index contributed by atoms with van der Waals surface area (Å²) in [6.45, 7) is 1.47. The number of aromatic nitrogens is 2. The summed E-state index contributed by atoms with van der Waals surface area (Å²) in [5.74, 6) is 0.602. The third-order valence-electron chi connectivity index (χ3n) is 2.05. The SMILES string of the molecule is Nc1ncnc2c1CCOCC2. The number of hydrogen-bond donors (Lipinski definition) is 1. The van der Waals surface area contributed by atoms with Crippen LogP contribution in [0.3, 0.4) is 0 Å².